The van der Waals surface area contributed by atoms with E-state index in [4.69, 9.17) is 4.74 Å². The Morgan fingerprint density at radius 2 is 1.78 bits per heavy atom. The van der Waals surface area contributed by atoms with Crippen molar-refractivity contribution in [3.8, 4) is 0 Å². The second kappa shape index (κ2) is 7.91. The SMILES string of the molecule is COC1C2CC3CC1C(C2)C3(CC(=O)NCc1ccc(C(F)(F)F)cc1)c1ccccc1. The number of amides is 1. The van der Waals surface area contributed by atoms with Crippen molar-refractivity contribution in [2.75, 3.05) is 7.11 Å². The normalized spacial score (nSPS) is 32.9. The van der Waals surface area contributed by atoms with Gasteiger partial charge in [0.25, 0.3) is 0 Å². The van der Waals surface area contributed by atoms with Crippen molar-refractivity contribution in [3.63, 3.8) is 0 Å². The summed E-state index contributed by atoms with van der Waals surface area (Å²) in [6, 6.07) is 15.4. The lowest BCUT2D eigenvalue weighted by Gasteiger charge is -2.45. The van der Waals surface area contributed by atoms with Gasteiger partial charge in [-0.3, -0.25) is 4.79 Å². The topological polar surface area (TPSA) is 38.3 Å². The number of hydrogen-bond acceptors (Lipinski definition) is 2. The Balaban J connectivity index is 1.34. The van der Waals surface area contributed by atoms with Gasteiger partial charge in [-0.2, -0.15) is 13.2 Å². The summed E-state index contributed by atoms with van der Waals surface area (Å²) in [6.07, 6.45) is -0.372. The largest absolute Gasteiger partial charge is 0.416 e. The number of carbonyl (C=O) groups excluding carboxylic acids is 1. The maximum Gasteiger partial charge on any atom is 0.416 e. The van der Waals surface area contributed by atoms with Crippen LogP contribution in [-0.2, 0) is 27.7 Å². The summed E-state index contributed by atoms with van der Waals surface area (Å²) in [5.74, 6) is 1.92. The average molecular weight is 444 g/mol. The van der Waals surface area contributed by atoms with Crippen LogP contribution in [0.5, 0.6) is 0 Å². The summed E-state index contributed by atoms with van der Waals surface area (Å²) < 4.78 is 44.2. The van der Waals surface area contributed by atoms with Gasteiger partial charge in [0.2, 0.25) is 5.91 Å². The fourth-order valence-corrected chi connectivity index (χ4v) is 7.13. The molecule has 2 aromatic rings. The lowest BCUT2D eigenvalue weighted by molar-refractivity contribution is -0.137. The first-order chi connectivity index (χ1) is 15.3. The van der Waals surface area contributed by atoms with Crippen molar-refractivity contribution < 1.29 is 22.7 Å². The third kappa shape index (κ3) is 3.43. The summed E-state index contributed by atoms with van der Waals surface area (Å²) in [5.41, 5.74) is 1.02. The molecule has 1 N–H and O–H groups in total. The molecule has 6 heteroatoms. The third-order valence-electron chi connectivity index (χ3n) is 8.30. The maximum absolute atomic E-state index is 13.2. The molecule has 6 unspecified atom stereocenters. The number of methoxy groups -OCH3 is 1. The monoisotopic (exact) mass is 443 g/mol. The van der Waals surface area contributed by atoms with Crippen molar-refractivity contribution in [2.24, 2.45) is 23.7 Å². The van der Waals surface area contributed by atoms with E-state index in [9.17, 15) is 18.0 Å². The molecule has 6 atom stereocenters. The molecule has 3 nitrogen and oxygen atoms in total. The Morgan fingerprint density at radius 3 is 2.44 bits per heavy atom. The molecule has 0 saturated heterocycles. The van der Waals surface area contributed by atoms with Crippen LogP contribution in [0, 0.1) is 23.7 Å². The van der Waals surface area contributed by atoms with Gasteiger partial charge in [0.1, 0.15) is 0 Å². The molecular weight excluding hydrogens is 415 g/mol. The smallest absolute Gasteiger partial charge is 0.381 e. The van der Waals surface area contributed by atoms with E-state index in [1.54, 1.807) is 7.11 Å². The Labute approximate surface area is 186 Å². The summed E-state index contributed by atoms with van der Waals surface area (Å²) in [5, 5.41) is 2.97. The molecular formula is C26H28F3NO2. The van der Waals surface area contributed by atoms with Crippen LogP contribution in [0.15, 0.2) is 54.6 Å². The molecule has 4 aliphatic carbocycles. The van der Waals surface area contributed by atoms with Crippen LogP contribution >= 0.6 is 0 Å². The number of alkyl halides is 3. The lowest BCUT2D eigenvalue weighted by Crippen LogP contribution is -2.45. The zero-order valence-electron chi connectivity index (χ0n) is 18.1. The quantitative estimate of drug-likeness (QED) is 0.655. The van der Waals surface area contributed by atoms with E-state index in [2.05, 4.69) is 17.4 Å². The first-order valence-corrected chi connectivity index (χ1v) is 11.3. The molecule has 0 aromatic heterocycles. The highest BCUT2D eigenvalue weighted by molar-refractivity contribution is 5.78. The van der Waals surface area contributed by atoms with E-state index in [-0.39, 0.29) is 24.0 Å². The Morgan fingerprint density at radius 1 is 1.06 bits per heavy atom. The van der Waals surface area contributed by atoms with Crippen LogP contribution in [0.3, 0.4) is 0 Å². The molecule has 1 amide bonds. The third-order valence-corrected chi connectivity index (χ3v) is 8.30. The van der Waals surface area contributed by atoms with Gasteiger partial charge < -0.3 is 10.1 Å². The van der Waals surface area contributed by atoms with Gasteiger partial charge in [0, 0.05) is 25.5 Å². The highest BCUT2D eigenvalue weighted by Gasteiger charge is 2.66. The zero-order chi connectivity index (χ0) is 22.5. The minimum Gasteiger partial charge on any atom is -0.381 e. The minimum atomic E-state index is -4.36. The standard InChI is InChI=1S/C26H28F3NO2/c1-32-24-17-11-20-13-21(24)22(12-17)25(20,18-5-3-2-4-6-18)14-23(31)30-15-16-7-9-19(10-8-16)26(27,28)29/h2-10,17,20-22,24H,11-15H2,1H3,(H,30,31). The van der Waals surface area contributed by atoms with Crippen LogP contribution in [0.25, 0.3) is 0 Å². The van der Waals surface area contributed by atoms with Crippen LogP contribution in [-0.4, -0.2) is 19.1 Å². The molecule has 4 bridgehead atoms. The summed E-state index contributed by atoms with van der Waals surface area (Å²) in [7, 11) is 1.81. The molecule has 0 aliphatic heterocycles. The van der Waals surface area contributed by atoms with Gasteiger partial charge >= 0.3 is 6.18 Å². The molecule has 32 heavy (non-hydrogen) atoms. The van der Waals surface area contributed by atoms with Crippen molar-refractivity contribution in [3.05, 3.63) is 71.3 Å². The molecule has 0 spiro atoms. The van der Waals surface area contributed by atoms with Gasteiger partial charge in [0.15, 0.2) is 0 Å². The van der Waals surface area contributed by atoms with E-state index in [0.29, 0.717) is 35.7 Å². The fourth-order valence-electron chi connectivity index (χ4n) is 7.13. The van der Waals surface area contributed by atoms with E-state index in [1.807, 2.05) is 18.2 Å². The molecule has 170 valence electrons. The predicted molar refractivity (Wildman–Crippen MR) is 115 cm³/mol. The molecule has 4 fully saturated rings. The van der Waals surface area contributed by atoms with E-state index >= 15 is 0 Å². The molecule has 0 radical (unpaired) electrons. The highest BCUT2D eigenvalue weighted by atomic mass is 19.4. The molecule has 4 aliphatic rings. The number of carbonyl (C=O) groups is 1. The molecule has 2 aromatic carbocycles. The van der Waals surface area contributed by atoms with E-state index in [0.717, 1.165) is 31.4 Å². The number of benzene rings is 2. The molecule has 6 rings (SSSR count). The summed E-state index contributed by atoms with van der Waals surface area (Å²) in [4.78, 5) is 13.2. The Hall–Kier alpha value is -2.34. The van der Waals surface area contributed by atoms with Gasteiger partial charge in [-0.25, -0.2) is 0 Å². The first kappa shape index (κ1) is 21.5. The van der Waals surface area contributed by atoms with Crippen LogP contribution < -0.4 is 5.32 Å². The van der Waals surface area contributed by atoms with Crippen LogP contribution in [0.4, 0.5) is 13.2 Å². The second-order valence-corrected chi connectivity index (χ2v) is 9.69. The van der Waals surface area contributed by atoms with Crippen LogP contribution in [0.2, 0.25) is 0 Å². The van der Waals surface area contributed by atoms with Gasteiger partial charge in [-0.05, 0) is 66.2 Å². The number of nitrogens with one attached hydrogen (secondary N) is 1. The summed E-state index contributed by atoms with van der Waals surface area (Å²) in [6.45, 7) is 0.226. The van der Waals surface area contributed by atoms with Gasteiger partial charge in [-0.1, -0.05) is 42.5 Å². The Bertz CT molecular complexity index is 971. The fraction of sp³-hybridized carbons (Fsp3) is 0.500. The lowest BCUT2D eigenvalue weighted by atomic mass is 9.59. The molecule has 4 saturated carbocycles. The van der Waals surface area contributed by atoms with Crippen LogP contribution in [0.1, 0.15) is 42.4 Å². The number of hydrogen-bond donors (Lipinski definition) is 1. The number of halogens is 3. The van der Waals surface area contributed by atoms with E-state index in [1.165, 1.54) is 17.7 Å². The predicted octanol–water partition coefficient (Wildman–Crippen LogP) is 5.34. The maximum atomic E-state index is 13.2. The Kier molecular flexibility index (Phi) is 5.31. The molecule has 0 heterocycles. The van der Waals surface area contributed by atoms with Crippen molar-refractivity contribution >= 4 is 5.91 Å². The first-order valence-electron chi connectivity index (χ1n) is 11.3. The summed E-state index contributed by atoms with van der Waals surface area (Å²) >= 11 is 0. The highest BCUT2D eigenvalue weighted by Crippen LogP contribution is 2.68. The van der Waals surface area contributed by atoms with Gasteiger partial charge in [0.05, 0.1) is 11.7 Å². The van der Waals surface area contributed by atoms with Crippen molar-refractivity contribution in [2.45, 2.75) is 49.9 Å². The van der Waals surface area contributed by atoms with E-state index < -0.39 is 11.7 Å². The minimum absolute atomic E-state index is 0.0429. The second-order valence-electron chi connectivity index (χ2n) is 9.69. The average Bonchev–Trinajstić information content (AvgIpc) is 3.14. The number of rotatable bonds is 6. The van der Waals surface area contributed by atoms with Crippen molar-refractivity contribution in [1.82, 2.24) is 5.32 Å². The zero-order valence-corrected chi connectivity index (χ0v) is 18.1. The van der Waals surface area contributed by atoms with Gasteiger partial charge in [-0.15, -0.1) is 0 Å². The van der Waals surface area contributed by atoms with Crippen molar-refractivity contribution in [1.29, 1.82) is 0 Å². The number of ether oxygens (including phenoxy) is 1.